The van der Waals surface area contributed by atoms with Gasteiger partial charge in [0.2, 0.25) is 11.0 Å². The molecule has 0 amide bonds. The quantitative estimate of drug-likeness (QED) is 0.831. The lowest BCUT2D eigenvalue weighted by atomic mass is 10.1. The van der Waals surface area contributed by atoms with Gasteiger partial charge >= 0.3 is 0 Å². The van der Waals surface area contributed by atoms with Crippen molar-refractivity contribution in [3.8, 4) is 0 Å². The van der Waals surface area contributed by atoms with Gasteiger partial charge in [0.1, 0.15) is 0 Å². The normalized spacial score (nSPS) is 11.2. The number of rotatable bonds is 5. The minimum absolute atomic E-state index is 0.471. The van der Waals surface area contributed by atoms with Crippen molar-refractivity contribution in [3.63, 3.8) is 0 Å². The number of nitrogen functional groups attached to an aromatic ring is 1. The first-order valence-electron chi connectivity index (χ1n) is 5.16. The van der Waals surface area contributed by atoms with Crippen molar-refractivity contribution in [2.75, 3.05) is 5.73 Å². The summed E-state index contributed by atoms with van der Waals surface area (Å²) in [7, 11) is 0. The van der Waals surface area contributed by atoms with Gasteiger partial charge in [-0.25, -0.2) is 0 Å². The van der Waals surface area contributed by atoms with Crippen molar-refractivity contribution in [2.45, 2.75) is 30.4 Å². The molecule has 92 valence electrons. The summed E-state index contributed by atoms with van der Waals surface area (Å²) in [5.41, 5.74) is 5.49. The van der Waals surface area contributed by atoms with Crippen LogP contribution in [0.1, 0.15) is 25.6 Å². The SMILES string of the molecule is CC(C)Cc1noc(CSc2nnc(N)s2)n1. The number of aromatic nitrogens is 4. The van der Waals surface area contributed by atoms with E-state index in [1.807, 2.05) is 0 Å². The van der Waals surface area contributed by atoms with Crippen LogP contribution in [0.5, 0.6) is 0 Å². The highest BCUT2D eigenvalue weighted by Gasteiger charge is 2.10. The van der Waals surface area contributed by atoms with E-state index in [1.165, 1.54) is 23.1 Å². The first-order valence-corrected chi connectivity index (χ1v) is 6.97. The molecule has 0 spiro atoms. The van der Waals surface area contributed by atoms with Gasteiger partial charge in [-0.05, 0) is 5.92 Å². The zero-order chi connectivity index (χ0) is 12.3. The lowest BCUT2D eigenvalue weighted by Gasteiger charge is -1.95. The largest absolute Gasteiger partial charge is 0.374 e. The van der Waals surface area contributed by atoms with E-state index < -0.39 is 0 Å². The molecule has 8 heteroatoms. The van der Waals surface area contributed by atoms with Gasteiger partial charge in [-0.15, -0.1) is 10.2 Å². The van der Waals surface area contributed by atoms with Gasteiger partial charge in [-0.1, -0.05) is 42.1 Å². The highest BCUT2D eigenvalue weighted by atomic mass is 32.2. The first kappa shape index (κ1) is 12.3. The smallest absolute Gasteiger partial charge is 0.237 e. The summed E-state index contributed by atoms with van der Waals surface area (Å²) in [6.45, 7) is 4.24. The van der Waals surface area contributed by atoms with Crippen LogP contribution < -0.4 is 5.73 Å². The van der Waals surface area contributed by atoms with Crippen molar-refractivity contribution >= 4 is 28.2 Å². The fraction of sp³-hybridized carbons (Fsp3) is 0.556. The van der Waals surface area contributed by atoms with Crippen LogP contribution >= 0.6 is 23.1 Å². The Labute approximate surface area is 107 Å². The molecule has 0 bridgehead atoms. The molecule has 2 aromatic heterocycles. The Hall–Kier alpha value is -1.15. The van der Waals surface area contributed by atoms with Crippen LogP contribution in [0.25, 0.3) is 0 Å². The Morgan fingerprint density at radius 3 is 2.88 bits per heavy atom. The van der Waals surface area contributed by atoms with E-state index in [2.05, 4.69) is 34.2 Å². The maximum absolute atomic E-state index is 5.49. The van der Waals surface area contributed by atoms with Gasteiger partial charge in [0.05, 0.1) is 5.75 Å². The van der Waals surface area contributed by atoms with Crippen LogP contribution in [-0.4, -0.2) is 20.3 Å². The van der Waals surface area contributed by atoms with Crippen LogP contribution in [-0.2, 0) is 12.2 Å². The van der Waals surface area contributed by atoms with Crippen molar-refractivity contribution in [3.05, 3.63) is 11.7 Å². The fourth-order valence-corrected chi connectivity index (χ4v) is 2.67. The van der Waals surface area contributed by atoms with E-state index in [1.54, 1.807) is 0 Å². The minimum atomic E-state index is 0.471. The van der Waals surface area contributed by atoms with Gasteiger partial charge in [0.15, 0.2) is 10.2 Å². The average molecular weight is 271 g/mol. The molecule has 0 aromatic carbocycles. The van der Waals surface area contributed by atoms with E-state index in [-0.39, 0.29) is 0 Å². The molecular formula is C9H13N5OS2. The highest BCUT2D eigenvalue weighted by molar-refractivity contribution is 8.00. The summed E-state index contributed by atoms with van der Waals surface area (Å²) >= 11 is 2.85. The highest BCUT2D eigenvalue weighted by Crippen LogP contribution is 2.26. The van der Waals surface area contributed by atoms with Crippen LogP contribution in [0.4, 0.5) is 5.13 Å². The summed E-state index contributed by atoms with van der Waals surface area (Å²) in [5.74, 6) is 2.49. The average Bonchev–Trinajstić information content (AvgIpc) is 2.84. The van der Waals surface area contributed by atoms with E-state index in [9.17, 15) is 0 Å². The molecule has 0 radical (unpaired) electrons. The second kappa shape index (κ2) is 5.46. The van der Waals surface area contributed by atoms with Gasteiger partial charge in [-0.2, -0.15) is 4.98 Å². The zero-order valence-electron chi connectivity index (χ0n) is 9.58. The zero-order valence-corrected chi connectivity index (χ0v) is 11.2. The van der Waals surface area contributed by atoms with Crippen LogP contribution in [0.2, 0.25) is 0 Å². The molecule has 0 aliphatic rings. The van der Waals surface area contributed by atoms with Crippen LogP contribution in [0.15, 0.2) is 8.86 Å². The summed E-state index contributed by atoms with van der Waals surface area (Å²) in [6.07, 6.45) is 0.833. The maximum Gasteiger partial charge on any atom is 0.237 e. The Morgan fingerprint density at radius 2 is 2.24 bits per heavy atom. The number of nitrogens with two attached hydrogens (primary N) is 1. The Bertz CT molecular complexity index is 481. The van der Waals surface area contributed by atoms with E-state index >= 15 is 0 Å². The van der Waals surface area contributed by atoms with E-state index in [4.69, 9.17) is 10.3 Å². The van der Waals surface area contributed by atoms with Crippen LogP contribution in [0.3, 0.4) is 0 Å². The number of thioether (sulfide) groups is 1. The second-order valence-electron chi connectivity index (χ2n) is 3.90. The molecule has 17 heavy (non-hydrogen) atoms. The molecule has 0 unspecified atom stereocenters. The van der Waals surface area contributed by atoms with Gasteiger partial charge in [-0.3, -0.25) is 0 Å². The molecule has 2 N–H and O–H groups in total. The predicted molar refractivity (Wildman–Crippen MR) is 66.7 cm³/mol. The summed E-state index contributed by atoms with van der Waals surface area (Å²) in [4.78, 5) is 4.30. The predicted octanol–water partition coefficient (Wildman–Crippen LogP) is 1.99. The molecule has 0 fully saturated rings. The van der Waals surface area contributed by atoms with Crippen LogP contribution in [0, 0.1) is 5.92 Å². The van der Waals surface area contributed by atoms with Crippen molar-refractivity contribution in [1.82, 2.24) is 20.3 Å². The second-order valence-corrected chi connectivity index (χ2v) is 6.13. The van der Waals surface area contributed by atoms with Crippen molar-refractivity contribution < 1.29 is 4.52 Å². The fourth-order valence-electron chi connectivity index (χ4n) is 1.20. The Morgan fingerprint density at radius 1 is 1.41 bits per heavy atom. The van der Waals surface area contributed by atoms with Crippen molar-refractivity contribution in [2.24, 2.45) is 5.92 Å². The standard InChI is InChI=1S/C9H13N5OS2/c1-5(2)3-6-11-7(15-14-6)4-16-9-13-12-8(10)17-9/h5H,3-4H2,1-2H3,(H2,10,12). The van der Waals surface area contributed by atoms with Gasteiger partial charge in [0, 0.05) is 6.42 Å². The first-order chi connectivity index (χ1) is 8.13. The number of anilines is 1. The molecular weight excluding hydrogens is 258 g/mol. The summed E-state index contributed by atoms with van der Waals surface area (Å²) in [6, 6.07) is 0. The molecule has 0 aliphatic heterocycles. The number of nitrogens with zero attached hydrogens (tertiary/aromatic N) is 4. The van der Waals surface area contributed by atoms with E-state index in [0.717, 1.165) is 16.6 Å². The number of hydrogen-bond acceptors (Lipinski definition) is 8. The molecule has 0 aliphatic carbocycles. The monoisotopic (exact) mass is 271 g/mol. The summed E-state index contributed by atoms with van der Waals surface area (Å²) in [5, 5.41) is 12.0. The molecule has 2 aromatic rings. The Kier molecular flexibility index (Phi) is 3.95. The molecule has 6 nitrogen and oxygen atoms in total. The Balaban J connectivity index is 1.89. The maximum atomic E-state index is 5.49. The molecule has 2 heterocycles. The third-order valence-electron chi connectivity index (χ3n) is 1.84. The third-order valence-corrected chi connectivity index (χ3v) is 3.71. The molecule has 2 rings (SSSR count). The molecule has 0 saturated heterocycles. The topological polar surface area (TPSA) is 90.7 Å². The lowest BCUT2D eigenvalue weighted by molar-refractivity contribution is 0.382. The third kappa shape index (κ3) is 3.67. The lowest BCUT2D eigenvalue weighted by Crippen LogP contribution is -1.96. The summed E-state index contributed by atoms with van der Waals surface area (Å²) < 4.78 is 5.95. The molecule has 0 saturated carbocycles. The molecule has 0 atom stereocenters. The van der Waals surface area contributed by atoms with E-state index in [0.29, 0.717) is 22.7 Å². The van der Waals surface area contributed by atoms with Gasteiger partial charge < -0.3 is 10.3 Å². The van der Waals surface area contributed by atoms with Crippen molar-refractivity contribution in [1.29, 1.82) is 0 Å². The number of hydrogen-bond donors (Lipinski definition) is 1. The minimum Gasteiger partial charge on any atom is -0.374 e. The van der Waals surface area contributed by atoms with Gasteiger partial charge in [0.25, 0.3) is 0 Å².